The maximum atomic E-state index is 5.69. The summed E-state index contributed by atoms with van der Waals surface area (Å²) in [5.41, 5.74) is 0. The van der Waals surface area contributed by atoms with Crippen molar-refractivity contribution in [1.29, 1.82) is 0 Å². The summed E-state index contributed by atoms with van der Waals surface area (Å²) in [6, 6.07) is 0. The van der Waals surface area contributed by atoms with Crippen molar-refractivity contribution >= 4 is 17.7 Å². The molecule has 3 fully saturated rings. The number of rotatable bonds is 13. The van der Waals surface area contributed by atoms with Gasteiger partial charge < -0.3 is 29.2 Å². The van der Waals surface area contributed by atoms with Crippen LogP contribution < -0.4 is 0 Å². The number of thioether (sulfide) groups is 1. The zero-order valence-corrected chi connectivity index (χ0v) is 22.3. The smallest absolute Gasteiger partial charge is 0.196 e. The zero-order chi connectivity index (χ0) is 23.0. The summed E-state index contributed by atoms with van der Waals surface area (Å²) in [4.78, 5) is 16.3. The Labute approximate surface area is 202 Å². The lowest BCUT2D eigenvalue weighted by atomic mass is 10.4. The third kappa shape index (κ3) is 12.1. The van der Waals surface area contributed by atoms with Crippen LogP contribution in [0.15, 0.2) is 4.99 Å². The predicted octanol–water partition coefficient (Wildman–Crippen LogP) is 2.10. The van der Waals surface area contributed by atoms with E-state index in [4.69, 9.17) is 4.74 Å². The molecule has 188 valence electrons. The fraction of sp³-hybridized carbons (Fsp3) is 0.958. The van der Waals surface area contributed by atoms with E-state index in [-0.39, 0.29) is 0 Å². The highest BCUT2D eigenvalue weighted by atomic mass is 32.2. The molecule has 0 aromatic heterocycles. The average Bonchev–Trinajstić information content (AvgIpc) is 3.53. The number of guanidine groups is 1. The van der Waals surface area contributed by atoms with Crippen molar-refractivity contribution in [2.75, 3.05) is 118 Å². The van der Waals surface area contributed by atoms with Crippen LogP contribution in [-0.2, 0) is 4.74 Å². The quantitative estimate of drug-likeness (QED) is 0.382. The van der Waals surface area contributed by atoms with Gasteiger partial charge in [-0.05, 0) is 78.9 Å². The lowest BCUT2D eigenvalue weighted by Crippen LogP contribution is -2.28. The minimum Gasteiger partial charge on any atom is -0.379 e. The molecule has 0 unspecified atom stereocenters. The molecule has 0 spiro atoms. The molecule has 0 atom stereocenters. The van der Waals surface area contributed by atoms with Gasteiger partial charge in [-0.2, -0.15) is 11.8 Å². The first kappa shape index (κ1) is 27.7. The Morgan fingerprint density at radius 3 is 2.00 bits per heavy atom. The maximum Gasteiger partial charge on any atom is 0.196 e. The highest BCUT2D eigenvalue weighted by molar-refractivity contribution is 7.99. The number of likely N-dealkylation sites (tertiary alicyclic amines) is 2. The van der Waals surface area contributed by atoms with Crippen molar-refractivity contribution in [3.05, 3.63) is 0 Å². The van der Waals surface area contributed by atoms with Gasteiger partial charge in [-0.15, -0.1) is 0 Å². The Morgan fingerprint density at radius 2 is 1.41 bits per heavy atom. The molecule has 0 bridgehead atoms. The molecule has 3 rings (SSSR count). The minimum atomic E-state index is 0.923. The van der Waals surface area contributed by atoms with E-state index in [1.165, 1.54) is 64.2 Å². The second kappa shape index (κ2) is 17.0. The Hall–Kier alpha value is -0.540. The molecule has 3 heterocycles. The normalized spacial score (nSPS) is 19.8. The summed E-state index contributed by atoms with van der Waals surface area (Å²) in [6.07, 6.45) is 6.71. The Kier molecular flexibility index (Phi) is 14.7. The van der Waals surface area contributed by atoms with Crippen LogP contribution >= 0.6 is 11.8 Å². The van der Waals surface area contributed by atoms with Crippen LogP contribution in [0.5, 0.6) is 0 Å². The average molecular weight is 471 g/mol. The maximum absolute atomic E-state index is 5.69. The van der Waals surface area contributed by atoms with Crippen LogP contribution in [0.25, 0.3) is 0 Å². The number of hydrogen-bond donors (Lipinski definition) is 0. The molecule has 3 aliphatic heterocycles. The summed E-state index contributed by atoms with van der Waals surface area (Å²) in [6.45, 7) is 13.7. The molecule has 0 N–H and O–H groups in total. The van der Waals surface area contributed by atoms with E-state index in [2.05, 4.69) is 57.7 Å². The van der Waals surface area contributed by atoms with E-state index in [0.29, 0.717) is 0 Å². The summed E-state index contributed by atoms with van der Waals surface area (Å²) in [5.74, 6) is 3.58. The number of ether oxygens (including phenoxy) is 1. The molecule has 0 radical (unpaired) electrons. The van der Waals surface area contributed by atoms with Crippen molar-refractivity contribution in [2.24, 2.45) is 4.99 Å². The summed E-state index contributed by atoms with van der Waals surface area (Å²) >= 11 is 2.04. The number of nitrogens with zero attached hydrogens (tertiary/aromatic N) is 6. The molecule has 7 nitrogen and oxygen atoms in total. The van der Waals surface area contributed by atoms with E-state index >= 15 is 0 Å². The Bertz CT molecular complexity index is 461. The standard InChI is InChI=1S/C14H28N2OS.C10H22N4/c1-2-6-15(5-1)9-11-17-12-14-18-13-10-16-7-3-4-8-16;1-12(2)7-5-6-11-10-13(3)8-9-14(10)4/h1-14H2;5-9H2,1-4H3. The van der Waals surface area contributed by atoms with Crippen LogP contribution in [0.3, 0.4) is 0 Å². The van der Waals surface area contributed by atoms with Gasteiger partial charge in [0.2, 0.25) is 0 Å². The van der Waals surface area contributed by atoms with Crippen molar-refractivity contribution in [2.45, 2.75) is 32.1 Å². The Morgan fingerprint density at radius 1 is 0.812 bits per heavy atom. The first-order valence-corrected chi connectivity index (χ1v) is 13.9. The lowest BCUT2D eigenvalue weighted by Gasteiger charge is -2.16. The molecule has 3 saturated heterocycles. The van der Waals surface area contributed by atoms with Gasteiger partial charge in [0.1, 0.15) is 0 Å². The van der Waals surface area contributed by atoms with Crippen LogP contribution in [-0.4, -0.2) is 149 Å². The topological polar surface area (TPSA) is 37.8 Å². The van der Waals surface area contributed by atoms with Crippen molar-refractivity contribution in [3.8, 4) is 0 Å². The van der Waals surface area contributed by atoms with Gasteiger partial charge >= 0.3 is 0 Å². The van der Waals surface area contributed by atoms with Gasteiger partial charge in [0.25, 0.3) is 0 Å². The van der Waals surface area contributed by atoms with Crippen molar-refractivity contribution in [1.82, 2.24) is 24.5 Å². The predicted molar refractivity (Wildman–Crippen MR) is 140 cm³/mol. The molecule has 8 heteroatoms. The Balaban J connectivity index is 0.000000235. The molecule has 0 amide bonds. The third-order valence-corrected chi connectivity index (χ3v) is 7.27. The molecule has 3 aliphatic rings. The number of likely N-dealkylation sites (N-methyl/N-ethyl adjacent to an activating group) is 2. The first-order valence-electron chi connectivity index (χ1n) is 12.8. The zero-order valence-electron chi connectivity index (χ0n) is 21.4. The van der Waals surface area contributed by atoms with Gasteiger partial charge in [0.05, 0.1) is 13.2 Å². The van der Waals surface area contributed by atoms with Gasteiger partial charge in [-0.1, -0.05) is 0 Å². The lowest BCUT2D eigenvalue weighted by molar-refractivity contribution is 0.124. The second-order valence-corrected chi connectivity index (χ2v) is 10.7. The molecule has 0 aliphatic carbocycles. The number of aliphatic imine (C=N–C) groups is 1. The fourth-order valence-corrected chi connectivity index (χ4v) is 5.15. The van der Waals surface area contributed by atoms with E-state index in [1.54, 1.807) is 0 Å². The van der Waals surface area contributed by atoms with Gasteiger partial charge in [0, 0.05) is 58.3 Å². The molecular weight excluding hydrogens is 420 g/mol. The van der Waals surface area contributed by atoms with Crippen LogP contribution in [0.4, 0.5) is 0 Å². The molecule has 32 heavy (non-hydrogen) atoms. The summed E-state index contributed by atoms with van der Waals surface area (Å²) < 4.78 is 5.69. The van der Waals surface area contributed by atoms with E-state index in [1.807, 2.05) is 11.8 Å². The van der Waals surface area contributed by atoms with Crippen LogP contribution in [0, 0.1) is 0 Å². The minimum absolute atomic E-state index is 0.923. The summed E-state index contributed by atoms with van der Waals surface area (Å²) in [5, 5.41) is 0. The molecule has 0 aromatic rings. The SMILES string of the molecule is C1CCN(CCOCCSCCN2CCCC2)C1.CN(C)CCCN=C1N(C)CCN1C. The first-order chi connectivity index (χ1) is 15.6. The van der Waals surface area contributed by atoms with E-state index in [0.717, 1.165) is 64.1 Å². The van der Waals surface area contributed by atoms with Crippen molar-refractivity contribution in [3.63, 3.8) is 0 Å². The highest BCUT2D eigenvalue weighted by Gasteiger charge is 2.18. The summed E-state index contributed by atoms with van der Waals surface area (Å²) in [7, 11) is 8.41. The van der Waals surface area contributed by atoms with Crippen molar-refractivity contribution < 1.29 is 4.74 Å². The van der Waals surface area contributed by atoms with E-state index < -0.39 is 0 Å². The second-order valence-electron chi connectivity index (χ2n) is 9.50. The third-order valence-electron chi connectivity index (χ3n) is 6.34. The van der Waals surface area contributed by atoms with Gasteiger partial charge in [0.15, 0.2) is 5.96 Å². The van der Waals surface area contributed by atoms with Gasteiger partial charge in [-0.3, -0.25) is 4.99 Å². The molecule has 0 saturated carbocycles. The fourth-order valence-electron chi connectivity index (χ4n) is 4.32. The largest absolute Gasteiger partial charge is 0.379 e. The van der Waals surface area contributed by atoms with Gasteiger partial charge in [-0.25, -0.2) is 0 Å². The highest BCUT2D eigenvalue weighted by Crippen LogP contribution is 2.09. The molecular formula is C24H50N6OS. The van der Waals surface area contributed by atoms with Crippen LogP contribution in [0.2, 0.25) is 0 Å². The number of hydrogen-bond acceptors (Lipinski definition) is 6. The van der Waals surface area contributed by atoms with E-state index in [9.17, 15) is 0 Å². The van der Waals surface area contributed by atoms with Crippen LogP contribution in [0.1, 0.15) is 32.1 Å². The molecule has 0 aromatic carbocycles. The monoisotopic (exact) mass is 470 g/mol.